The Balaban J connectivity index is 1.60. The Morgan fingerprint density at radius 1 is 0.939 bits per heavy atom. The number of nitrogens with two attached hydrogens (primary N) is 2. The third-order valence-electron chi connectivity index (χ3n) is 5.04. The van der Waals surface area contributed by atoms with Crippen molar-refractivity contribution in [3.63, 3.8) is 0 Å². The van der Waals surface area contributed by atoms with Crippen LogP contribution in [0.1, 0.15) is 15.9 Å². The highest BCUT2D eigenvalue weighted by Gasteiger charge is 2.17. The lowest BCUT2D eigenvalue weighted by Gasteiger charge is -2.11. The van der Waals surface area contributed by atoms with Crippen LogP contribution in [0.15, 0.2) is 90.2 Å². The van der Waals surface area contributed by atoms with E-state index in [-0.39, 0.29) is 10.8 Å². The molecule has 1 amide bonds. The van der Waals surface area contributed by atoms with Gasteiger partial charge in [-0.05, 0) is 35.4 Å². The van der Waals surface area contributed by atoms with Crippen molar-refractivity contribution in [2.24, 2.45) is 10.9 Å². The summed E-state index contributed by atoms with van der Waals surface area (Å²) in [6.45, 7) is 0.376. The number of benzene rings is 3. The lowest BCUT2D eigenvalue weighted by Crippen LogP contribution is -2.14. The molecule has 0 aliphatic rings. The zero-order valence-electron chi connectivity index (χ0n) is 17.5. The molecule has 5 N–H and O–H groups in total. The molecule has 0 saturated carbocycles. The van der Waals surface area contributed by atoms with Crippen molar-refractivity contribution in [2.75, 3.05) is 5.32 Å². The van der Waals surface area contributed by atoms with E-state index in [0.29, 0.717) is 34.6 Å². The van der Waals surface area contributed by atoms with Crippen LogP contribution in [-0.2, 0) is 16.6 Å². The molecule has 8 nitrogen and oxygen atoms in total. The smallest absolute Gasteiger partial charge is 0.259 e. The zero-order valence-corrected chi connectivity index (χ0v) is 18.3. The van der Waals surface area contributed by atoms with E-state index in [1.165, 1.54) is 18.6 Å². The van der Waals surface area contributed by atoms with Gasteiger partial charge < -0.3 is 11.1 Å². The van der Waals surface area contributed by atoms with Gasteiger partial charge in [0.25, 0.3) is 5.91 Å². The summed E-state index contributed by atoms with van der Waals surface area (Å²) in [5.41, 5.74) is 9.90. The number of amides is 1. The number of carbonyl (C=O) groups excluding carboxylic acids is 1. The molecule has 0 atom stereocenters. The van der Waals surface area contributed by atoms with Crippen LogP contribution < -0.4 is 16.2 Å². The van der Waals surface area contributed by atoms with E-state index in [2.05, 4.69) is 15.3 Å². The second kappa shape index (κ2) is 9.29. The van der Waals surface area contributed by atoms with Crippen LogP contribution in [0, 0.1) is 0 Å². The second-order valence-electron chi connectivity index (χ2n) is 7.26. The standard InChI is InChI=1S/C24H21N5O3S/c25-13-16-4-3-5-18(12-16)23-21(14-27-15-28-23)24(30)29-19-10-8-17(9-11-19)20-6-1-2-7-22(20)33(26,31)32/h1-12,14-15H,13,25H2,(H,29,30)(H2,26,31,32). The van der Waals surface area contributed by atoms with Crippen LogP contribution in [0.3, 0.4) is 0 Å². The molecule has 0 fully saturated rings. The molecule has 4 aromatic rings. The first-order chi connectivity index (χ1) is 15.9. The average Bonchev–Trinajstić information content (AvgIpc) is 2.84. The lowest BCUT2D eigenvalue weighted by atomic mass is 10.0. The third-order valence-corrected chi connectivity index (χ3v) is 6.01. The van der Waals surface area contributed by atoms with Gasteiger partial charge in [-0.15, -0.1) is 0 Å². The molecule has 9 heteroatoms. The van der Waals surface area contributed by atoms with Gasteiger partial charge in [-0.2, -0.15) is 0 Å². The topological polar surface area (TPSA) is 141 Å². The highest BCUT2D eigenvalue weighted by atomic mass is 32.2. The van der Waals surface area contributed by atoms with Gasteiger partial charge in [0.05, 0.1) is 16.2 Å². The van der Waals surface area contributed by atoms with E-state index in [1.54, 1.807) is 42.5 Å². The van der Waals surface area contributed by atoms with Crippen molar-refractivity contribution in [1.82, 2.24) is 9.97 Å². The summed E-state index contributed by atoms with van der Waals surface area (Å²) in [7, 11) is -3.87. The number of anilines is 1. The maximum Gasteiger partial charge on any atom is 0.259 e. The Kier molecular flexibility index (Phi) is 6.27. The summed E-state index contributed by atoms with van der Waals surface area (Å²) in [5.74, 6) is -0.374. The average molecular weight is 460 g/mol. The molecular weight excluding hydrogens is 438 g/mol. The third kappa shape index (κ3) is 4.96. The molecule has 0 unspecified atom stereocenters. The Morgan fingerprint density at radius 3 is 2.42 bits per heavy atom. The number of nitrogens with zero attached hydrogens (tertiary/aromatic N) is 2. The molecule has 3 aromatic carbocycles. The normalized spacial score (nSPS) is 11.2. The zero-order chi connectivity index (χ0) is 23.4. The van der Waals surface area contributed by atoms with Crippen molar-refractivity contribution in [1.29, 1.82) is 0 Å². The fourth-order valence-electron chi connectivity index (χ4n) is 3.46. The Labute approximate surface area is 191 Å². The summed E-state index contributed by atoms with van der Waals surface area (Å²) in [6, 6.07) is 20.8. The lowest BCUT2D eigenvalue weighted by molar-refractivity contribution is 0.102. The fourth-order valence-corrected chi connectivity index (χ4v) is 4.22. The van der Waals surface area contributed by atoms with Gasteiger partial charge in [0.15, 0.2) is 0 Å². The molecule has 0 aliphatic carbocycles. The molecule has 166 valence electrons. The van der Waals surface area contributed by atoms with Crippen molar-refractivity contribution < 1.29 is 13.2 Å². The first kappa shape index (κ1) is 22.3. The number of rotatable bonds is 6. The van der Waals surface area contributed by atoms with E-state index in [1.807, 2.05) is 24.3 Å². The van der Waals surface area contributed by atoms with Crippen LogP contribution >= 0.6 is 0 Å². The van der Waals surface area contributed by atoms with Crippen LogP contribution in [-0.4, -0.2) is 24.3 Å². The van der Waals surface area contributed by atoms with E-state index >= 15 is 0 Å². The second-order valence-corrected chi connectivity index (χ2v) is 8.79. The predicted octanol–water partition coefficient (Wildman–Crippen LogP) is 3.17. The Morgan fingerprint density at radius 2 is 1.70 bits per heavy atom. The molecule has 33 heavy (non-hydrogen) atoms. The predicted molar refractivity (Wildman–Crippen MR) is 127 cm³/mol. The summed E-state index contributed by atoms with van der Waals surface area (Å²) in [4.78, 5) is 21.3. The summed E-state index contributed by atoms with van der Waals surface area (Å²) in [5, 5.41) is 8.17. The Hall–Kier alpha value is -3.92. The molecule has 4 rings (SSSR count). The minimum Gasteiger partial charge on any atom is -0.326 e. The van der Waals surface area contributed by atoms with Gasteiger partial charge in [-0.25, -0.2) is 23.5 Å². The highest BCUT2D eigenvalue weighted by molar-refractivity contribution is 7.89. The number of hydrogen-bond acceptors (Lipinski definition) is 6. The monoisotopic (exact) mass is 459 g/mol. The summed E-state index contributed by atoms with van der Waals surface area (Å²) >= 11 is 0. The minimum atomic E-state index is -3.87. The molecule has 1 heterocycles. The SMILES string of the molecule is NCc1cccc(-c2ncncc2C(=O)Nc2ccc(-c3ccccc3S(N)(=O)=O)cc2)c1. The quantitative estimate of drug-likeness (QED) is 0.404. The van der Waals surface area contributed by atoms with Crippen LogP contribution in [0.5, 0.6) is 0 Å². The van der Waals surface area contributed by atoms with E-state index in [0.717, 1.165) is 11.1 Å². The van der Waals surface area contributed by atoms with Crippen molar-refractivity contribution in [3.05, 3.63) is 96.4 Å². The summed E-state index contributed by atoms with van der Waals surface area (Å²) in [6.07, 6.45) is 2.85. The molecular formula is C24H21N5O3S. The molecule has 0 saturated heterocycles. The van der Waals surface area contributed by atoms with Crippen molar-refractivity contribution in [3.8, 4) is 22.4 Å². The first-order valence-electron chi connectivity index (χ1n) is 10.00. The van der Waals surface area contributed by atoms with Crippen LogP contribution in [0.25, 0.3) is 22.4 Å². The van der Waals surface area contributed by atoms with E-state index in [9.17, 15) is 13.2 Å². The largest absolute Gasteiger partial charge is 0.326 e. The number of primary sulfonamides is 1. The highest BCUT2D eigenvalue weighted by Crippen LogP contribution is 2.28. The molecule has 0 bridgehead atoms. The van der Waals surface area contributed by atoms with Gasteiger partial charge in [0.2, 0.25) is 10.0 Å². The fraction of sp³-hybridized carbons (Fsp3) is 0.0417. The number of nitrogens with one attached hydrogen (secondary N) is 1. The number of hydrogen-bond donors (Lipinski definition) is 3. The minimum absolute atomic E-state index is 0.0348. The Bertz CT molecular complexity index is 1420. The number of sulfonamides is 1. The van der Waals surface area contributed by atoms with E-state index < -0.39 is 10.0 Å². The van der Waals surface area contributed by atoms with Crippen molar-refractivity contribution in [2.45, 2.75) is 11.4 Å². The number of carbonyl (C=O) groups is 1. The van der Waals surface area contributed by atoms with Gasteiger partial charge in [-0.1, -0.05) is 48.5 Å². The molecule has 0 spiro atoms. The van der Waals surface area contributed by atoms with E-state index in [4.69, 9.17) is 10.9 Å². The van der Waals surface area contributed by atoms with Crippen LogP contribution in [0.2, 0.25) is 0 Å². The van der Waals surface area contributed by atoms with Gasteiger partial charge in [0.1, 0.15) is 6.33 Å². The first-order valence-corrected chi connectivity index (χ1v) is 11.5. The molecule has 0 radical (unpaired) electrons. The number of aromatic nitrogens is 2. The van der Waals surface area contributed by atoms with Crippen LogP contribution in [0.4, 0.5) is 5.69 Å². The van der Waals surface area contributed by atoms with Gasteiger partial charge >= 0.3 is 0 Å². The maximum atomic E-state index is 13.0. The van der Waals surface area contributed by atoms with Gasteiger partial charge in [-0.3, -0.25) is 4.79 Å². The summed E-state index contributed by atoms with van der Waals surface area (Å²) < 4.78 is 23.8. The van der Waals surface area contributed by atoms with Gasteiger partial charge in [0, 0.05) is 29.6 Å². The molecule has 1 aromatic heterocycles. The molecule has 0 aliphatic heterocycles. The maximum absolute atomic E-state index is 13.0. The van der Waals surface area contributed by atoms with Crippen molar-refractivity contribution >= 4 is 21.6 Å².